The second-order valence-electron chi connectivity index (χ2n) is 6.54. The number of para-hydroxylation sites is 2. The van der Waals surface area contributed by atoms with Gasteiger partial charge in [-0.05, 0) is 25.1 Å². The first-order valence-corrected chi connectivity index (χ1v) is 11.9. The van der Waals surface area contributed by atoms with Crippen molar-refractivity contribution in [3.8, 4) is 0 Å². The van der Waals surface area contributed by atoms with Crippen LogP contribution in [-0.4, -0.2) is 21.1 Å². The molecule has 0 atom stereocenters. The van der Waals surface area contributed by atoms with Gasteiger partial charge in [0.25, 0.3) is 5.91 Å². The maximum atomic E-state index is 13.0. The van der Waals surface area contributed by atoms with E-state index in [4.69, 9.17) is 4.42 Å². The molecule has 0 saturated heterocycles. The monoisotopic (exact) mass is 452 g/mol. The van der Waals surface area contributed by atoms with Crippen molar-refractivity contribution in [2.24, 2.45) is 0 Å². The number of carbonyl (C=O) groups excluding carboxylic acids is 1. The Morgan fingerprint density at radius 3 is 2.77 bits per heavy atom. The number of hydrogen-bond acceptors (Lipinski definition) is 8. The van der Waals surface area contributed by atoms with E-state index in [0.717, 1.165) is 35.5 Å². The van der Waals surface area contributed by atoms with E-state index in [1.165, 1.54) is 0 Å². The molecule has 0 aliphatic heterocycles. The molecule has 0 radical (unpaired) electrons. The van der Waals surface area contributed by atoms with Gasteiger partial charge < -0.3 is 9.73 Å². The molecule has 2 aromatic carbocycles. The Morgan fingerprint density at radius 2 is 1.93 bits per heavy atom. The molecule has 1 N–H and O–H groups in total. The molecule has 0 unspecified atom stereocenters. The summed E-state index contributed by atoms with van der Waals surface area (Å²) < 4.78 is 7.91. The van der Waals surface area contributed by atoms with E-state index in [2.05, 4.69) is 20.5 Å². The number of thiazole rings is 1. The standard InChI is InChI=1S/C21H16N4O2S3/c1-12-24-25-21(29-12)28-11-14-13-6-2-4-8-16(13)27-19(14)20(26)22-10-18-23-15-7-3-5-9-17(15)30-18/h2-9H,10-11H2,1H3,(H,22,26). The highest BCUT2D eigenvalue weighted by Crippen LogP contribution is 2.33. The lowest BCUT2D eigenvalue weighted by Gasteiger charge is -2.03. The molecule has 5 aromatic rings. The third-order valence-electron chi connectivity index (χ3n) is 4.49. The van der Waals surface area contributed by atoms with Crippen LogP contribution in [0.2, 0.25) is 0 Å². The zero-order valence-electron chi connectivity index (χ0n) is 15.9. The number of benzene rings is 2. The van der Waals surface area contributed by atoms with Crippen molar-refractivity contribution in [1.82, 2.24) is 20.5 Å². The SMILES string of the molecule is Cc1nnc(SCc2c(C(=O)NCc3nc4ccccc4s3)oc3ccccc23)s1. The minimum Gasteiger partial charge on any atom is -0.451 e. The lowest BCUT2D eigenvalue weighted by Crippen LogP contribution is -2.23. The molecule has 0 fully saturated rings. The summed E-state index contributed by atoms with van der Waals surface area (Å²) in [6.45, 7) is 2.29. The molecular formula is C21H16N4O2S3. The number of aromatic nitrogens is 3. The van der Waals surface area contributed by atoms with E-state index in [1.807, 2.05) is 55.5 Å². The fraction of sp³-hybridized carbons (Fsp3) is 0.143. The summed E-state index contributed by atoms with van der Waals surface area (Å²) in [4.78, 5) is 17.6. The van der Waals surface area contributed by atoms with Gasteiger partial charge in [0.1, 0.15) is 15.6 Å². The Hall–Kier alpha value is -2.75. The normalized spacial score (nSPS) is 11.4. The van der Waals surface area contributed by atoms with Gasteiger partial charge in [0, 0.05) is 16.7 Å². The van der Waals surface area contributed by atoms with E-state index in [-0.39, 0.29) is 5.91 Å². The summed E-state index contributed by atoms with van der Waals surface area (Å²) in [7, 11) is 0. The summed E-state index contributed by atoms with van der Waals surface area (Å²) >= 11 is 4.68. The summed E-state index contributed by atoms with van der Waals surface area (Å²) in [5.74, 6) is 0.677. The van der Waals surface area contributed by atoms with E-state index in [1.54, 1.807) is 34.4 Å². The van der Waals surface area contributed by atoms with Gasteiger partial charge in [-0.15, -0.1) is 21.5 Å². The number of nitrogens with zero attached hydrogens (tertiary/aromatic N) is 3. The molecule has 0 aliphatic carbocycles. The Labute approximate surface area is 184 Å². The summed E-state index contributed by atoms with van der Waals surface area (Å²) in [6.07, 6.45) is 0. The number of nitrogens with one attached hydrogen (secondary N) is 1. The summed E-state index contributed by atoms with van der Waals surface area (Å²) in [6, 6.07) is 15.7. The number of fused-ring (bicyclic) bond motifs is 2. The van der Waals surface area contributed by atoms with Gasteiger partial charge in [0.15, 0.2) is 10.1 Å². The quantitative estimate of drug-likeness (QED) is 0.346. The van der Waals surface area contributed by atoms with E-state index in [0.29, 0.717) is 23.6 Å². The van der Waals surface area contributed by atoms with Crippen LogP contribution in [0.3, 0.4) is 0 Å². The molecule has 5 rings (SSSR count). The molecule has 9 heteroatoms. The minimum absolute atomic E-state index is 0.241. The summed E-state index contributed by atoms with van der Waals surface area (Å²) in [5.41, 5.74) is 2.51. The largest absolute Gasteiger partial charge is 0.451 e. The van der Waals surface area contributed by atoms with Gasteiger partial charge in [-0.25, -0.2) is 4.98 Å². The Balaban J connectivity index is 1.38. The number of rotatable bonds is 6. The van der Waals surface area contributed by atoms with Gasteiger partial charge >= 0.3 is 0 Å². The average Bonchev–Trinajstić information content (AvgIpc) is 3.46. The van der Waals surface area contributed by atoms with Gasteiger partial charge in [0.05, 0.1) is 16.8 Å². The van der Waals surface area contributed by atoms with Crippen molar-refractivity contribution in [3.63, 3.8) is 0 Å². The molecule has 0 bridgehead atoms. The van der Waals surface area contributed by atoms with Crippen molar-refractivity contribution in [2.45, 2.75) is 23.6 Å². The average molecular weight is 453 g/mol. The van der Waals surface area contributed by atoms with Crippen LogP contribution in [-0.2, 0) is 12.3 Å². The van der Waals surface area contributed by atoms with Crippen LogP contribution in [0.25, 0.3) is 21.2 Å². The van der Waals surface area contributed by atoms with Gasteiger partial charge in [-0.3, -0.25) is 4.79 Å². The summed E-state index contributed by atoms with van der Waals surface area (Å²) in [5, 5.41) is 13.9. The van der Waals surface area contributed by atoms with Gasteiger partial charge in [0.2, 0.25) is 0 Å². The second-order valence-corrected chi connectivity index (χ2v) is 10.1. The number of hydrogen-bond donors (Lipinski definition) is 1. The zero-order valence-corrected chi connectivity index (χ0v) is 18.4. The molecule has 0 saturated carbocycles. The molecule has 150 valence electrons. The van der Waals surface area contributed by atoms with Gasteiger partial charge in [-0.2, -0.15) is 0 Å². The Bertz CT molecular complexity index is 1320. The lowest BCUT2D eigenvalue weighted by atomic mass is 10.1. The zero-order chi connectivity index (χ0) is 20.5. The fourth-order valence-corrected chi connectivity index (χ4v) is 5.88. The van der Waals surface area contributed by atoms with Crippen LogP contribution < -0.4 is 5.32 Å². The predicted octanol–water partition coefficient (Wildman–Crippen LogP) is 5.42. The first kappa shape index (κ1) is 19.2. The highest BCUT2D eigenvalue weighted by molar-refractivity contribution is 8.00. The molecular weight excluding hydrogens is 436 g/mol. The van der Waals surface area contributed by atoms with Gasteiger partial charge in [-0.1, -0.05) is 53.4 Å². The molecule has 0 aliphatic rings. The Kier molecular flexibility index (Phi) is 5.24. The third kappa shape index (κ3) is 3.83. The van der Waals surface area contributed by atoms with Crippen LogP contribution in [0, 0.1) is 6.92 Å². The molecule has 3 heterocycles. The number of amides is 1. The van der Waals surface area contributed by atoms with Crippen LogP contribution in [0.5, 0.6) is 0 Å². The van der Waals surface area contributed by atoms with E-state index < -0.39 is 0 Å². The van der Waals surface area contributed by atoms with Crippen LogP contribution in [0.1, 0.15) is 26.1 Å². The highest BCUT2D eigenvalue weighted by atomic mass is 32.2. The first-order chi connectivity index (χ1) is 14.7. The maximum Gasteiger partial charge on any atom is 0.287 e. The smallest absolute Gasteiger partial charge is 0.287 e. The Morgan fingerprint density at radius 1 is 1.10 bits per heavy atom. The van der Waals surface area contributed by atoms with Crippen molar-refractivity contribution in [2.75, 3.05) is 0 Å². The number of furan rings is 1. The molecule has 1 amide bonds. The molecule has 6 nitrogen and oxygen atoms in total. The van der Waals surface area contributed by atoms with E-state index >= 15 is 0 Å². The van der Waals surface area contributed by atoms with Crippen molar-refractivity contribution >= 4 is 61.5 Å². The van der Waals surface area contributed by atoms with Crippen LogP contribution in [0.4, 0.5) is 0 Å². The number of aryl methyl sites for hydroxylation is 1. The number of thioether (sulfide) groups is 1. The molecule has 0 spiro atoms. The minimum atomic E-state index is -0.241. The predicted molar refractivity (Wildman–Crippen MR) is 121 cm³/mol. The fourth-order valence-electron chi connectivity index (χ4n) is 3.13. The third-order valence-corrected chi connectivity index (χ3v) is 7.53. The van der Waals surface area contributed by atoms with Crippen LogP contribution in [0.15, 0.2) is 57.3 Å². The van der Waals surface area contributed by atoms with E-state index in [9.17, 15) is 4.79 Å². The molecule has 30 heavy (non-hydrogen) atoms. The first-order valence-electron chi connectivity index (χ1n) is 9.23. The van der Waals surface area contributed by atoms with Crippen LogP contribution >= 0.6 is 34.4 Å². The van der Waals surface area contributed by atoms with Crippen molar-refractivity contribution in [1.29, 1.82) is 0 Å². The molecule has 3 aromatic heterocycles. The second kappa shape index (κ2) is 8.17. The van der Waals surface area contributed by atoms with Crippen molar-refractivity contribution in [3.05, 3.63) is 69.9 Å². The maximum absolute atomic E-state index is 13.0. The number of carbonyl (C=O) groups is 1. The van der Waals surface area contributed by atoms with Crippen molar-refractivity contribution < 1.29 is 9.21 Å². The topological polar surface area (TPSA) is 80.9 Å². The highest BCUT2D eigenvalue weighted by Gasteiger charge is 2.21. The lowest BCUT2D eigenvalue weighted by molar-refractivity contribution is 0.0924.